The molecule has 4 aromatic carbocycles. The van der Waals surface area contributed by atoms with Crippen molar-refractivity contribution >= 4 is 0 Å². The molecular weight excluding hydrogens is 424 g/mol. The summed E-state index contributed by atoms with van der Waals surface area (Å²) in [6.45, 7) is 1.90. The Labute approximate surface area is 198 Å². The molecule has 0 unspecified atom stereocenters. The topological polar surface area (TPSA) is 3.88 Å². The molecule has 0 fully saturated rings. The Morgan fingerprint density at radius 3 is 1.35 bits per heavy atom. The fourth-order valence-corrected chi connectivity index (χ4v) is 4.22. The molecule has 166 valence electrons. The Morgan fingerprint density at radius 2 is 0.912 bits per heavy atom. The van der Waals surface area contributed by atoms with Crippen LogP contribution in [-0.4, -0.2) is 0 Å². The Morgan fingerprint density at radius 1 is 0.500 bits per heavy atom. The molecule has 1 aromatic heterocycles. The largest absolute Gasteiger partial charge is 0.490 e. The minimum atomic E-state index is -3.28. The number of halogens is 2. The standard InChI is InChI=1S/C31H24F2N/c1-23-17-19-28(20-18-23)31(32,33)34-29(25-13-7-3-8-14-25)21-27(24-11-5-2-6-12-24)22-30(34)26-15-9-4-10-16-26/h2-22H,1H3/q+1. The fourth-order valence-electron chi connectivity index (χ4n) is 4.22. The molecule has 0 aliphatic carbocycles. The van der Waals surface area contributed by atoms with Gasteiger partial charge in [0.05, 0.1) is 5.56 Å². The summed E-state index contributed by atoms with van der Waals surface area (Å²) < 4.78 is 34.0. The number of hydrogen-bond acceptors (Lipinski definition) is 0. The van der Waals surface area contributed by atoms with Crippen LogP contribution >= 0.6 is 0 Å². The summed E-state index contributed by atoms with van der Waals surface area (Å²) in [5.74, 6) is 0. The van der Waals surface area contributed by atoms with E-state index in [2.05, 4.69) is 0 Å². The molecule has 1 heterocycles. The Hall–Kier alpha value is -4.11. The molecule has 0 N–H and O–H groups in total. The van der Waals surface area contributed by atoms with E-state index in [4.69, 9.17) is 0 Å². The second kappa shape index (κ2) is 9.03. The van der Waals surface area contributed by atoms with E-state index in [0.29, 0.717) is 11.4 Å². The third-order valence-corrected chi connectivity index (χ3v) is 5.99. The number of nitrogens with zero attached hydrogens (tertiary/aromatic N) is 1. The molecule has 5 rings (SSSR count). The first kappa shape index (κ1) is 21.7. The van der Waals surface area contributed by atoms with E-state index in [1.807, 2.05) is 110 Å². The van der Waals surface area contributed by atoms with E-state index >= 15 is 8.78 Å². The van der Waals surface area contributed by atoms with Gasteiger partial charge in [-0.25, -0.2) is 0 Å². The van der Waals surface area contributed by atoms with Gasteiger partial charge in [0.15, 0.2) is 0 Å². The number of aryl methyl sites for hydroxylation is 1. The van der Waals surface area contributed by atoms with Gasteiger partial charge in [0, 0.05) is 23.3 Å². The van der Waals surface area contributed by atoms with Gasteiger partial charge < -0.3 is 0 Å². The van der Waals surface area contributed by atoms with Crippen molar-refractivity contribution < 1.29 is 13.3 Å². The Kier molecular flexibility index (Phi) is 5.77. The van der Waals surface area contributed by atoms with Crippen LogP contribution < -0.4 is 4.57 Å². The first-order valence-electron chi connectivity index (χ1n) is 11.3. The molecule has 3 heteroatoms. The summed E-state index contributed by atoms with van der Waals surface area (Å²) in [5.41, 5.74) is 5.10. The Bertz CT molecular complexity index is 1330. The molecule has 0 spiro atoms. The first-order valence-corrected chi connectivity index (χ1v) is 11.3. The van der Waals surface area contributed by atoms with Gasteiger partial charge in [0.25, 0.3) is 0 Å². The highest BCUT2D eigenvalue weighted by molar-refractivity contribution is 5.73. The third-order valence-electron chi connectivity index (χ3n) is 5.99. The average Bonchev–Trinajstić information content (AvgIpc) is 2.90. The molecular formula is C31H24F2N+. The lowest BCUT2D eigenvalue weighted by Crippen LogP contribution is -2.54. The van der Waals surface area contributed by atoms with Crippen molar-refractivity contribution in [3.05, 3.63) is 139 Å². The summed E-state index contributed by atoms with van der Waals surface area (Å²) in [4.78, 5) is 0. The van der Waals surface area contributed by atoms with Crippen LogP contribution in [0.25, 0.3) is 33.6 Å². The number of aromatic nitrogens is 1. The van der Waals surface area contributed by atoms with E-state index in [9.17, 15) is 0 Å². The van der Waals surface area contributed by atoms with Crippen LogP contribution in [0, 0.1) is 6.92 Å². The SMILES string of the molecule is Cc1ccc(C(F)(F)[n+]2c(-c3ccccc3)cc(-c3ccccc3)cc2-c2ccccc2)cc1. The van der Waals surface area contributed by atoms with E-state index in [-0.39, 0.29) is 5.56 Å². The predicted molar refractivity (Wildman–Crippen MR) is 133 cm³/mol. The lowest BCUT2D eigenvalue weighted by atomic mass is 9.98. The van der Waals surface area contributed by atoms with Gasteiger partial charge in [0.1, 0.15) is 0 Å². The van der Waals surface area contributed by atoms with E-state index in [1.165, 1.54) is 16.7 Å². The molecule has 0 radical (unpaired) electrons. The average molecular weight is 449 g/mol. The highest BCUT2D eigenvalue weighted by atomic mass is 19.3. The molecule has 5 aromatic rings. The number of benzene rings is 4. The van der Waals surface area contributed by atoms with Crippen molar-refractivity contribution in [2.24, 2.45) is 0 Å². The van der Waals surface area contributed by atoms with Crippen LogP contribution in [-0.2, 0) is 6.05 Å². The molecule has 0 bridgehead atoms. The second-order valence-corrected chi connectivity index (χ2v) is 8.36. The van der Waals surface area contributed by atoms with Gasteiger partial charge in [-0.2, -0.15) is 0 Å². The monoisotopic (exact) mass is 448 g/mol. The second-order valence-electron chi connectivity index (χ2n) is 8.36. The third kappa shape index (κ3) is 4.13. The fraction of sp³-hybridized carbons (Fsp3) is 0.0645. The zero-order valence-corrected chi connectivity index (χ0v) is 18.8. The summed E-state index contributed by atoms with van der Waals surface area (Å²) in [6, 6.07) is 35.6. The normalized spacial score (nSPS) is 11.4. The minimum absolute atomic E-state index is 0.0510. The van der Waals surface area contributed by atoms with Crippen molar-refractivity contribution in [3.63, 3.8) is 0 Å². The molecule has 34 heavy (non-hydrogen) atoms. The summed E-state index contributed by atoms with van der Waals surface area (Å²) >= 11 is 0. The van der Waals surface area contributed by atoms with E-state index < -0.39 is 6.05 Å². The van der Waals surface area contributed by atoms with Crippen LogP contribution in [0.2, 0.25) is 0 Å². The van der Waals surface area contributed by atoms with Crippen molar-refractivity contribution in [1.82, 2.24) is 0 Å². The van der Waals surface area contributed by atoms with Gasteiger partial charge in [0.2, 0.25) is 11.4 Å². The number of alkyl halides is 2. The molecule has 0 aliphatic rings. The first-order chi connectivity index (χ1) is 16.5. The van der Waals surface area contributed by atoms with Crippen LogP contribution in [0.5, 0.6) is 0 Å². The van der Waals surface area contributed by atoms with E-state index in [0.717, 1.165) is 27.8 Å². The maximum Gasteiger partial charge on any atom is 0.490 e. The van der Waals surface area contributed by atoms with Gasteiger partial charge in [-0.1, -0.05) is 84.4 Å². The number of hydrogen-bond donors (Lipinski definition) is 0. The van der Waals surface area contributed by atoms with Gasteiger partial charge >= 0.3 is 6.05 Å². The van der Waals surface area contributed by atoms with Crippen molar-refractivity contribution in [3.8, 4) is 33.6 Å². The van der Waals surface area contributed by atoms with Gasteiger partial charge in [-0.05, 0) is 54.4 Å². The van der Waals surface area contributed by atoms with Crippen molar-refractivity contribution in [2.75, 3.05) is 0 Å². The van der Waals surface area contributed by atoms with Crippen LogP contribution in [0.4, 0.5) is 8.78 Å². The Balaban J connectivity index is 1.87. The maximum atomic E-state index is 16.4. The van der Waals surface area contributed by atoms with Crippen LogP contribution in [0.1, 0.15) is 11.1 Å². The minimum Gasteiger partial charge on any atom is -0.134 e. The zero-order valence-electron chi connectivity index (χ0n) is 18.8. The van der Waals surface area contributed by atoms with Crippen molar-refractivity contribution in [2.45, 2.75) is 13.0 Å². The van der Waals surface area contributed by atoms with E-state index in [1.54, 1.807) is 12.1 Å². The predicted octanol–water partition coefficient (Wildman–Crippen LogP) is 7.88. The lowest BCUT2D eigenvalue weighted by molar-refractivity contribution is -0.793. The van der Waals surface area contributed by atoms with Crippen LogP contribution in [0.15, 0.2) is 127 Å². The van der Waals surface area contributed by atoms with Crippen LogP contribution in [0.3, 0.4) is 0 Å². The number of pyridine rings is 1. The van der Waals surface area contributed by atoms with Gasteiger partial charge in [-0.15, -0.1) is 13.3 Å². The molecule has 0 amide bonds. The van der Waals surface area contributed by atoms with Gasteiger partial charge in [-0.3, -0.25) is 0 Å². The highest BCUT2D eigenvalue weighted by Crippen LogP contribution is 2.35. The maximum absolute atomic E-state index is 16.4. The number of rotatable bonds is 5. The molecule has 0 saturated heterocycles. The van der Waals surface area contributed by atoms with Crippen molar-refractivity contribution in [1.29, 1.82) is 0 Å². The highest BCUT2D eigenvalue weighted by Gasteiger charge is 2.48. The quantitative estimate of drug-likeness (QED) is 0.241. The summed E-state index contributed by atoms with van der Waals surface area (Å²) in [5, 5.41) is 0. The smallest absolute Gasteiger partial charge is 0.134 e. The molecule has 1 nitrogen and oxygen atoms in total. The molecule has 0 saturated carbocycles. The lowest BCUT2D eigenvalue weighted by Gasteiger charge is -2.19. The molecule has 0 aliphatic heterocycles. The molecule has 0 atom stereocenters. The summed E-state index contributed by atoms with van der Waals surface area (Å²) in [7, 11) is 0. The zero-order chi connectivity index (χ0) is 23.5. The summed E-state index contributed by atoms with van der Waals surface area (Å²) in [6.07, 6.45) is 0.